The third kappa shape index (κ3) is 5.66. The van der Waals surface area contributed by atoms with Gasteiger partial charge in [0.15, 0.2) is 5.82 Å². The first-order chi connectivity index (χ1) is 31.7. The molecule has 4 heteroatoms. The molecule has 0 amide bonds. The molecule has 1 spiro atoms. The lowest BCUT2D eigenvalue weighted by Gasteiger charge is -2.39. The molecule has 2 aromatic heterocycles. The highest BCUT2D eigenvalue weighted by molar-refractivity contribution is 7.99. The van der Waals surface area contributed by atoms with Gasteiger partial charge in [-0.15, -0.1) is 0 Å². The van der Waals surface area contributed by atoms with Gasteiger partial charge in [-0.1, -0.05) is 200 Å². The standard InChI is InChI=1S/C60H37N3S/c1-4-16-38(17-5-1)39-28-30-40(31-29-39)53-37-54(63-59(62-53)42-20-8-3-9-21-42)43-32-33-45-46-36-52-47(35-48(46)58(61-55(45)34-43)41-18-6-2-7-19-41)44-22-10-11-23-49(44)60(52)50-24-12-14-26-56(50)64-57-27-15-13-25-51(57)60/h1-37H. The summed E-state index contributed by atoms with van der Waals surface area (Å²) in [6.07, 6.45) is 0. The smallest absolute Gasteiger partial charge is 0.160 e. The maximum absolute atomic E-state index is 5.57. The SMILES string of the molecule is c1ccc(-c2ccc(-c3cc(-c4ccc5c(c4)nc(-c4ccccc4)c4cc6c(cc45)C4(c5ccccc5Sc5ccccc54)c4ccccc4-6)nc(-c4ccccc4)n3)cc2)cc1. The van der Waals surface area contributed by atoms with Gasteiger partial charge in [-0.3, -0.25) is 0 Å². The van der Waals surface area contributed by atoms with Crippen molar-refractivity contribution in [3.05, 3.63) is 247 Å². The number of aromatic nitrogens is 3. The Kier molecular flexibility index (Phi) is 8.37. The van der Waals surface area contributed by atoms with Gasteiger partial charge in [0.1, 0.15) is 0 Å². The molecule has 1 aliphatic carbocycles. The second kappa shape index (κ2) is 14.6. The maximum Gasteiger partial charge on any atom is 0.160 e. The molecule has 0 unspecified atom stereocenters. The van der Waals surface area contributed by atoms with Crippen molar-refractivity contribution >= 4 is 33.4 Å². The molecule has 3 nitrogen and oxygen atoms in total. The maximum atomic E-state index is 5.57. The number of rotatable bonds is 5. The molecule has 0 radical (unpaired) electrons. The molecule has 2 aliphatic rings. The summed E-state index contributed by atoms with van der Waals surface area (Å²) >= 11 is 1.88. The van der Waals surface area contributed by atoms with Crippen molar-refractivity contribution in [2.75, 3.05) is 0 Å². The predicted octanol–water partition coefficient (Wildman–Crippen LogP) is 15.3. The Morgan fingerprint density at radius 3 is 1.53 bits per heavy atom. The minimum absolute atomic E-state index is 0.481. The predicted molar refractivity (Wildman–Crippen MR) is 263 cm³/mol. The van der Waals surface area contributed by atoms with E-state index in [0.717, 1.165) is 55.6 Å². The molecule has 1 aliphatic heterocycles. The summed E-state index contributed by atoms with van der Waals surface area (Å²) in [5, 5.41) is 3.42. The van der Waals surface area contributed by atoms with Gasteiger partial charge in [-0.2, -0.15) is 0 Å². The molecular formula is C60H37N3S. The van der Waals surface area contributed by atoms with Crippen LogP contribution in [-0.2, 0) is 5.41 Å². The monoisotopic (exact) mass is 831 g/mol. The summed E-state index contributed by atoms with van der Waals surface area (Å²) in [7, 11) is 0. The quantitative estimate of drug-likeness (QED) is 0.162. The number of hydrogen-bond donors (Lipinski definition) is 0. The van der Waals surface area contributed by atoms with E-state index in [4.69, 9.17) is 15.0 Å². The Balaban J connectivity index is 1.05. The number of fused-ring (bicyclic) bond motifs is 12. The third-order valence-corrected chi connectivity index (χ3v) is 14.3. The normalized spacial score (nSPS) is 13.1. The fourth-order valence-corrected chi connectivity index (χ4v) is 11.4. The molecule has 3 heterocycles. The van der Waals surface area contributed by atoms with Crippen molar-refractivity contribution < 1.29 is 0 Å². The Bertz CT molecular complexity index is 3580. The van der Waals surface area contributed by atoms with Crippen LogP contribution in [-0.4, -0.2) is 15.0 Å². The van der Waals surface area contributed by atoms with Crippen molar-refractivity contribution in [2.24, 2.45) is 0 Å². The van der Waals surface area contributed by atoms with E-state index in [-0.39, 0.29) is 0 Å². The zero-order valence-corrected chi connectivity index (χ0v) is 35.4. The largest absolute Gasteiger partial charge is 0.247 e. The average molecular weight is 832 g/mol. The zero-order valence-electron chi connectivity index (χ0n) is 34.6. The summed E-state index contributed by atoms with van der Waals surface area (Å²) in [6, 6.07) is 80.8. The minimum Gasteiger partial charge on any atom is -0.247 e. The van der Waals surface area contributed by atoms with Gasteiger partial charge < -0.3 is 0 Å². The summed E-state index contributed by atoms with van der Waals surface area (Å²) in [5.74, 6) is 0.684. The van der Waals surface area contributed by atoms with Gasteiger partial charge in [-0.25, -0.2) is 15.0 Å². The van der Waals surface area contributed by atoms with Crippen LogP contribution in [0.2, 0.25) is 0 Å². The van der Waals surface area contributed by atoms with Crippen LogP contribution in [0.1, 0.15) is 22.3 Å². The molecule has 0 atom stereocenters. The van der Waals surface area contributed by atoms with Crippen LogP contribution in [0.3, 0.4) is 0 Å². The second-order valence-electron chi connectivity index (χ2n) is 16.7. The van der Waals surface area contributed by atoms with Crippen molar-refractivity contribution in [3.8, 4) is 67.4 Å². The van der Waals surface area contributed by atoms with E-state index in [9.17, 15) is 0 Å². The molecule has 11 aromatic rings. The Morgan fingerprint density at radius 1 is 0.312 bits per heavy atom. The fourth-order valence-electron chi connectivity index (χ4n) is 10.2. The molecule has 13 rings (SSSR count). The van der Waals surface area contributed by atoms with E-state index in [0.29, 0.717) is 5.82 Å². The van der Waals surface area contributed by atoms with E-state index in [1.807, 2.05) is 36.0 Å². The molecule has 298 valence electrons. The number of pyridine rings is 1. The van der Waals surface area contributed by atoms with Crippen LogP contribution in [0, 0.1) is 0 Å². The van der Waals surface area contributed by atoms with Gasteiger partial charge in [-0.05, 0) is 86.3 Å². The molecule has 0 saturated carbocycles. The lowest BCUT2D eigenvalue weighted by atomic mass is 9.67. The Labute approximate surface area is 375 Å². The van der Waals surface area contributed by atoms with E-state index in [2.05, 4.69) is 200 Å². The number of benzene rings is 9. The van der Waals surface area contributed by atoms with E-state index in [1.54, 1.807) is 0 Å². The van der Waals surface area contributed by atoms with Gasteiger partial charge in [0.25, 0.3) is 0 Å². The van der Waals surface area contributed by atoms with Gasteiger partial charge in [0.2, 0.25) is 0 Å². The highest BCUT2D eigenvalue weighted by atomic mass is 32.2. The van der Waals surface area contributed by atoms with Crippen molar-refractivity contribution in [2.45, 2.75) is 15.2 Å². The summed E-state index contributed by atoms with van der Waals surface area (Å²) in [6.45, 7) is 0. The zero-order chi connectivity index (χ0) is 42.2. The van der Waals surface area contributed by atoms with Crippen molar-refractivity contribution in [3.63, 3.8) is 0 Å². The highest BCUT2D eigenvalue weighted by Gasteiger charge is 2.50. The molecular weight excluding hydrogens is 795 g/mol. The summed E-state index contributed by atoms with van der Waals surface area (Å²) < 4.78 is 0. The molecule has 64 heavy (non-hydrogen) atoms. The molecule has 0 bridgehead atoms. The molecule has 0 N–H and O–H groups in total. The Morgan fingerprint density at radius 2 is 0.844 bits per heavy atom. The highest BCUT2D eigenvalue weighted by Crippen LogP contribution is 2.63. The Hall–Kier alpha value is -7.92. The van der Waals surface area contributed by atoms with E-state index >= 15 is 0 Å². The average Bonchev–Trinajstić information content (AvgIpc) is 3.65. The number of nitrogens with zero attached hydrogens (tertiary/aromatic N) is 3. The van der Waals surface area contributed by atoms with E-state index < -0.39 is 5.41 Å². The van der Waals surface area contributed by atoms with Crippen molar-refractivity contribution in [1.29, 1.82) is 0 Å². The van der Waals surface area contributed by atoms with Gasteiger partial charge in [0.05, 0.1) is 28.0 Å². The third-order valence-electron chi connectivity index (χ3n) is 13.1. The minimum atomic E-state index is -0.481. The first-order valence-corrected chi connectivity index (χ1v) is 22.6. The van der Waals surface area contributed by atoms with Gasteiger partial charge in [0, 0.05) is 42.8 Å². The van der Waals surface area contributed by atoms with Crippen LogP contribution in [0.15, 0.2) is 234 Å². The van der Waals surface area contributed by atoms with Crippen LogP contribution in [0.25, 0.3) is 89.1 Å². The van der Waals surface area contributed by atoms with Crippen LogP contribution in [0.4, 0.5) is 0 Å². The van der Waals surface area contributed by atoms with E-state index in [1.165, 1.54) is 59.7 Å². The first-order valence-electron chi connectivity index (χ1n) is 21.8. The molecule has 0 fully saturated rings. The van der Waals surface area contributed by atoms with Crippen LogP contribution >= 0.6 is 11.8 Å². The van der Waals surface area contributed by atoms with Crippen LogP contribution in [0.5, 0.6) is 0 Å². The first kappa shape index (κ1) is 36.7. The van der Waals surface area contributed by atoms with Gasteiger partial charge >= 0.3 is 0 Å². The second-order valence-corrected chi connectivity index (χ2v) is 17.7. The molecule has 9 aromatic carbocycles. The summed E-state index contributed by atoms with van der Waals surface area (Å²) in [5.41, 5.74) is 17.4. The lowest BCUT2D eigenvalue weighted by Crippen LogP contribution is -2.31. The summed E-state index contributed by atoms with van der Waals surface area (Å²) in [4.78, 5) is 18.6. The molecule has 0 saturated heterocycles. The topological polar surface area (TPSA) is 38.7 Å². The van der Waals surface area contributed by atoms with Crippen LogP contribution < -0.4 is 0 Å². The lowest BCUT2D eigenvalue weighted by molar-refractivity contribution is 0.723. The van der Waals surface area contributed by atoms with Crippen molar-refractivity contribution in [1.82, 2.24) is 15.0 Å². The fraction of sp³-hybridized carbons (Fsp3) is 0.0167. The number of hydrogen-bond acceptors (Lipinski definition) is 4.